The average Bonchev–Trinajstić information content (AvgIpc) is 2.49. The molecule has 21 heavy (non-hydrogen) atoms. The number of likely N-dealkylation sites (tertiary alicyclic amines) is 1. The van der Waals surface area contributed by atoms with E-state index in [4.69, 9.17) is 0 Å². The van der Waals surface area contributed by atoms with Gasteiger partial charge in [0.1, 0.15) is 11.5 Å². The molecule has 2 rings (SSSR count). The average molecular weight is 292 g/mol. The second-order valence-electron chi connectivity index (χ2n) is 6.16. The number of halogens is 1. The maximum Gasteiger partial charge on any atom is 0.185 e. The highest BCUT2D eigenvalue weighted by Gasteiger charge is 2.23. The highest BCUT2D eigenvalue weighted by Crippen LogP contribution is 2.22. The fraction of sp³-hybridized carbons (Fsp3) is 0.647. The molecule has 0 spiro atoms. The fourth-order valence-corrected chi connectivity index (χ4v) is 3.11. The third-order valence-electron chi connectivity index (χ3n) is 4.36. The van der Waals surface area contributed by atoms with Crippen LogP contribution in [-0.4, -0.2) is 35.3 Å². The minimum atomic E-state index is -0.405. The summed E-state index contributed by atoms with van der Waals surface area (Å²) in [5.74, 6) is 0.365. The van der Waals surface area contributed by atoms with E-state index in [1.165, 1.54) is 37.8 Å². The molecule has 1 unspecified atom stereocenters. The number of hydrogen-bond donors (Lipinski definition) is 0. The standard InChI is InChI=1S/C17H25FN2O/c1-3-4-14-7-9-20(10-8-14)12-13(2)17(21)16-6-5-15(18)11-19-16/h5-6,11,13-14H,3-4,7-10,12H2,1-2H3. The van der Waals surface area contributed by atoms with Gasteiger partial charge < -0.3 is 4.90 Å². The van der Waals surface area contributed by atoms with Gasteiger partial charge in [-0.25, -0.2) is 4.39 Å². The van der Waals surface area contributed by atoms with Gasteiger partial charge in [-0.2, -0.15) is 0 Å². The highest BCUT2D eigenvalue weighted by atomic mass is 19.1. The van der Waals surface area contributed by atoms with E-state index < -0.39 is 5.82 Å². The molecule has 0 amide bonds. The molecule has 3 nitrogen and oxygen atoms in total. The molecule has 0 aromatic carbocycles. The molecule has 1 saturated heterocycles. The van der Waals surface area contributed by atoms with Gasteiger partial charge in [0.05, 0.1) is 6.20 Å². The predicted molar refractivity (Wildman–Crippen MR) is 81.8 cm³/mol. The number of pyridine rings is 1. The van der Waals surface area contributed by atoms with Gasteiger partial charge in [0.2, 0.25) is 0 Å². The van der Waals surface area contributed by atoms with E-state index >= 15 is 0 Å². The summed E-state index contributed by atoms with van der Waals surface area (Å²) >= 11 is 0. The molecule has 2 heterocycles. The van der Waals surface area contributed by atoms with Crippen molar-refractivity contribution in [1.82, 2.24) is 9.88 Å². The van der Waals surface area contributed by atoms with Crippen molar-refractivity contribution in [2.24, 2.45) is 11.8 Å². The summed E-state index contributed by atoms with van der Waals surface area (Å²) in [5, 5.41) is 0. The largest absolute Gasteiger partial charge is 0.303 e. The van der Waals surface area contributed by atoms with Crippen LogP contribution in [0.4, 0.5) is 4.39 Å². The van der Waals surface area contributed by atoms with Crippen molar-refractivity contribution in [2.45, 2.75) is 39.5 Å². The SMILES string of the molecule is CCCC1CCN(CC(C)C(=O)c2ccc(F)cn2)CC1. The first-order valence-electron chi connectivity index (χ1n) is 7.98. The van der Waals surface area contributed by atoms with Crippen LogP contribution in [0.5, 0.6) is 0 Å². The fourth-order valence-electron chi connectivity index (χ4n) is 3.11. The van der Waals surface area contributed by atoms with Gasteiger partial charge >= 0.3 is 0 Å². The third-order valence-corrected chi connectivity index (χ3v) is 4.36. The van der Waals surface area contributed by atoms with E-state index in [9.17, 15) is 9.18 Å². The number of rotatable bonds is 6. The van der Waals surface area contributed by atoms with Gasteiger partial charge in [-0.05, 0) is 44.0 Å². The lowest BCUT2D eigenvalue weighted by molar-refractivity contribution is 0.0862. The minimum Gasteiger partial charge on any atom is -0.303 e. The van der Waals surface area contributed by atoms with Crippen molar-refractivity contribution < 1.29 is 9.18 Å². The molecular formula is C17H25FN2O. The monoisotopic (exact) mass is 292 g/mol. The molecule has 1 aliphatic heterocycles. The Bertz CT molecular complexity index is 452. The van der Waals surface area contributed by atoms with E-state index in [1.54, 1.807) is 0 Å². The van der Waals surface area contributed by atoms with Crippen LogP contribution in [0.25, 0.3) is 0 Å². The molecule has 0 N–H and O–H groups in total. The molecule has 1 aromatic heterocycles. The van der Waals surface area contributed by atoms with Crippen molar-refractivity contribution >= 4 is 5.78 Å². The zero-order chi connectivity index (χ0) is 15.2. The van der Waals surface area contributed by atoms with Gasteiger partial charge in [-0.1, -0.05) is 26.7 Å². The van der Waals surface area contributed by atoms with Crippen LogP contribution in [0.1, 0.15) is 50.0 Å². The first-order valence-corrected chi connectivity index (χ1v) is 7.98. The summed E-state index contributed by atoms with van der Waals surface area (Å²) in [6.45, 7) is 7.11. The molecular weight excluding hydrogens is 267 g/mol. The Hall–Kier alpha value is -1.29. The van der Waals surface area contributed by atoms with Gasteiger partial charge in [-0.3, -0.25) is 9.78 Å². The predicted octanol–water partition coefficient (Wildman–Crippen LogP) is 3.55. The van der Waals surface area contributed by atoms with Crippen molar-refractivity contribution in [3.63, 3.8) is 0 Å². The van der Waals surface area contributed by atoms with Crippen LogP contribution in [-0.2, 0) is 0 Å². The van der Waals surface area contributed by atoms with Crippen LogP contribution < -0.4 is 0 Å². The summed E-state index contributed by atoms with van der Waals surface area (Å²) in [4.78, 5) is 18.5. The Morgan fingerprint density at radius 3 is 2.71 bits per heavy atom. The van der Waals surface area contributed by atoms with Gasteiger partial charge in [0.25, 0.3) is 0 Å². The summed E-state index contributed by atoms with van der Waals surface area (Å²) in [5.41, 5.74) is 0.366. The second-order valence-corrected chi connectivity index (χ2v) is 6.16. The van der Waals surface area contributed by atoms with E-state index in [0.717, 1.165) is 31.7 Å². The van der Waals surface area contributed by atoms with E-state index in [2.05, 4.69) is 16.8 Å². The number of ketones is 1. The quantitative estimate of drug-likeness (QED) is 0.752. The lowest BCUT2D eigenvalue weighted by Gasteiger charge is -2.33. The molecule has 116 valence electrons. The maximum absolute atomic E-state index is 12.8. The second kappa shape index (κ2) is 7.64. The molecule has 0 radical (unpaired) electrons. The Morgan fingerprint density at radius 1 is 1.43 bits per heavy atom. The first-order chi connectivity index (χ1) is 10.1. The molecule has 1 aromatic rings. The minimum absolute atomic E-state index is 0.00526. The molecule has 0 aliphatic carbocycles. The maximum atomic E-state index is 12.8. The topological polar surface area (TPSA) is 33.2 Å². The van der Waals surface area contributed by atoms with Crippen molar-refractivity contribution in [1.29, 1.82) is 0 Å². The molecule has 1 fully saturated rings. The van der Waals surface area contributed by atoms with Gasteiger partial charge in [0, 0.05) is 12.5 Å². The Kier molecular flexibility index (Phi) is 5.85. The number of aromatic nitrogens is 1. The number of hydrogen-bond acceptors (Lipinski definition) is 3. The zero-order valence-electron chi connectivity index (χ0n) is 13.0. The van der Waals surface area contributed by atoms with Crippen molar-refractivity contribution in [3.8, 4) is 0 Å². The Balaban J connectivity index is 1.83. The number of piperidine rings is 1. The van der Waals surface area contributed by atoms with Crippen LogP contribution in [0, 0.1) is 17.7 Å². The van der Waals surface area contributed by atoms with Crippen LogP contribution in [0.3, 0.4) is 0 Å². The summed E-state index contributed by atoms with van der Waals surface area (Å²) < 4.78 is 12.8. The molecule has 1 atom stereocenters. The van der Waals surface area contributed by atoms with E-state index in [-0.39, 0.29) is 11.7 Å². The van der Waals surface area contributed by atoms with Gasteiger partial charge in [0.15, 0.2) is 5.78 Å². The number of carbonyl (C=O) groups is 1. The highest BCUT2D eigenvalue weighted by molar-refractivity contribution is 5.95. The number of Topliss-reactive ketones (excluding diaryl/α,β-unsaturated/α-hetero) is 1. The summed E-state index contributed by atoms with van der Waals surface area (Å²) in [6.07, 6.45) is 6.17. The molecule has 0 bridgehead atoms. The molecule has 0 saturated carbocycles. The van der Waals surface area contributed by atoms with Crippen LogP contribution in [0.2, 0.25) is 0 Å². The van der Waals surface area contributed by atoms with Crippen molar-refractivity contribution in [3.05, 3.63) is 29.8 Å². The lowest BCUT2D eigenvalue weighted by atomic mass is 9.91. The first kappa shape index (κ1) is 16.1. The summed E-state index contributed by atoms with van der Waals surface area (Å²) in [6, 6.07) is 2.77. The van der Waals surface area contributed by atoms with Crippen LogP contribution in [0.15, 0.2) is 18.3 Å². The Labute approximate surface area is 126 Å². The molecule has 4 heteroatoms. The zero-order valence-corrected chi connectivity index (χ0v) is 13.0. The van der Waals surface area contributed by atoms with Gasteiger partial charge in [-0.15, -0.1) is 0 Å². The molecule has 1 aliphatic rings. The van der Waals surface area contributed by atoms with Crippen LogP contribution >= 0.6 is 0 Å². The third kappa shape index (κ3) is 4.60. The van der Waals surface area contributed by atoms with E-state index in [1.807, 2.05) is 6.92 Å². The number of nitrogens with zero attached hydrogens (tertiary/aromatic N) is 2. The number of carbonyl (C=O) groups excluding carboxylic acids is 1. The summed E-state index contributed by atoms with van der Waals surface area (Å²) in [7, 11) is 0. The lowest BCUT2D eigenvalue weighted by Crippen LogP contribution is -2.38. The Morgan fingerprint density at radius 2 is 2.14 bits per heavy atom. The van der Waals surface area contributed by atoms with Crippen molar-refractivity contribution in [2.75, 3.05) is 19.6 Å². The normalized spacial score (nSPS) is 18.6. The van der Waals surface area contributed by atoms with E-state index in [0.29, 0.717) is 5.69 Å². The smallest absolute Gasteiger partial charge is 0.185 e.